The van der Waals surface area contributed by atoms with Gasteiger partial charge in [-0.1, -0.05) is 18.2 Å². The molecule has 3 aromatic rings. The summed E-state index contributed by atoms with van der Waals surface area (Å²) < 4.78 is 45.6. The van der Waals surface area contributed by atoms with Crippen molar-refractivity contribution in [3.63, 3.8) is 0 Å². The average Bonchev–Trinajstić information content (AvgIpc) is 3.37. The number of para-hydroxylation sites is 1. The van der Waals surface area contributed by atoms with Crippen molar-refractivity contribution in [3.8, 4) is 5.75 Å². The number of aromatic nitrogens is 4. The van der Waals surface area contributed by atoms with Gasteiger partial charge in [0.1, 0.15) is 18.8 Å². The fraction of sp³-hybridized carbons (Fsp3) is 0.429. The molecule has 0 aliphatic carbocycles. The molecule has 0 radical (unpaired) electrons. The van der Waals surface area contributed by atoms with Crippen LogP contribution in [0.3, 0.4) is 0 Å². The van der Waals surface area contributed by atoms with Crippen molar-refractivity contribution >= 4 is 31.3 Å². The quantitative estimate of drug-likeness (QED) is 0.201. The highest BCUT2D eigenvalue weighted by Crippen LogP contribution is 2.43. The lowest BCUT2D eigenvalue weighted by molar-refractivity contribution is -0.179. The summed E-state index contributed by atoms with van der Waals surface area (Å²) >= 11 is 0. The number of nitrogens with two attached hydrogens (primary N) is 1. The molecule has 1 aromatic carbocycles. The molecular weight excluding hydrogens is 514 g/mol. The molecule has 6 atom stereocenters. The molecule has 0 saturated carbocycles. The Labute approximate surface area is 210 Å². The summed E-state index contributed by atoms with van der Waals surface area (Å²) in [7, 11) is -1.64. The summed E-state index contributed by atoms with van der Waals surface area (Å²) in [6.45, 7) is 1.94. The maximum Gasteiger partial charge on any atom is 0.693 e. The number of imidazole rings is 1. The molecule has 16 heteroatoms. The number of aromatic amines is 1. The second kappa shape index (κ2) is 10.5. The van der Waals surface area contributed by atoms with E-state index in [-0.39, 0.29) is 22.9 Å². The molecule has 198 valence electrons. The number of hydrogen-bond donors (Lipinski definition) is 3. The topological polar surface area (TPSA) is 184 Å². The molecule has 1 fully saturated rings. The zero-order valence-corrected chi connectivity index (χ0v) is 20.9. The third-order valence-corrected chi connectivity index (χ3v) is 6.90. The minimum Gasteiger partial charge on any atom is -0.468 e. The van der Waals surface area contributed by atoms with Crippen LogP contribution in [0.2, 0.25) is 0 Å². The van der Waals surface area contributed by atoms with E-state index in [1.165, 1.54) is 6.92 Å². The average molecular weight is 539 g/mol. The Balaban J connectivity index is 1.55. The number of benzene rings is 1. The highest BCUT2D eigenvalue weighted by Gasteiger charge is 2.56. The van der Waals surface area contributed by atoms with E-state index in [2.05, 4.69) is 15.0 Å². The van der Waals surface area contributed by atoms with Crippen molar-refractivity contribution in [1.29, 1.82) is 0 Å². The molecule has 4 N–H and O–H groups in total. The largest absolute Gasteiger partial charge is 0.693 e. The number of ether oxygens (including phenoxy) is 2. The number of nitrogens with one attached hydrogen (secondary N) is 1. The summed E-state index contributed by atoms with van der Waals surface area (Å²) in [6.07, 6.45) is -3.38. The second-order valence-corrected chi connectivity index (χ2v) is 9.39. The maximum atomic E-state index is 15.7. The van der Waals surface area contributed by atoms with Crippen LogP contribution in [0, 0.1) is 0 Å². The minimum absolute atomic E-state index is 0.0517. The Hall–Kier alpha value is -3.49. The number of anilines is 1. The molecule has 0 amide bonds. The molecule has 0 spiro atoms. The lowest BCUT2D eigenvalue weighted by Gasteiger charge is -2.24. The zero-order chi connectivity index (χ0) is 26.9. The van der Waals surface area contributed by atoms with Crippen molar-refractivity contribution in [2.75, 3.05) is 19.5 Å². The monoisotopic (exact) mass is 539 g/mol. The van der Waals surface area contributed by atoms with Crippen molar-refractivity contribution in [1.82, 2.24) is 24.4 Å². The number of nitrogens with zero attached hydrogens (tertiary/aromatic N) is 4. The maximum absolute atomic E-state index is 15.7. The van der Waals surface area contributed by atoms with Crippen LogP contribution in [-0.4, -0.2) is 73.1 Å². The highest BCUT2D eigenvalue weighted by atomic mass is 31.1. The molecule has 4 rings (SSSR count). The second-order valence-electron chi connectivity index (χ2n) is 8.34. The van der Waals surface area contributed by atoms with Gasteiger partial charge >= 0.3 is 14.1 Å². The molecule has 1 unspecified atom stereocenters. The number of halogens is 1. The van der Waals surface area contributed by atoms with Crippen LogP contribution in [0.25, 0.3) is 11.2 Å². The first-order chi connectivity index (χ1) is 17.5. The number of hydroxylamine groups is 1. The Morgan fingerprint density at radius 1 is 1.43 bits per heavy atom. The van der Waals surface area contributed by atoms with Gasteiger partial charge in [-0.2, -0.15) is 4.98 Å². The fourth-order valence-electron chi connectivity index (χ4n) is 3.79. The number of rotatable bonds is 9. The Bertz CT molecular complexity index is 1350. The number of hydrogen-bond acceptors (Lipinski definition) is 11. The van der Waals surface area contributed by atoms with Gasteiger partial charge in [-0.3, -0.25) is 24.0 Å². The van der Waals surface area contributed by atoms with E-state index in [0.29, 0.717) is 0 Å². The third-order valence-electron chi connectivity index (χ3n) is 5.75. The first-order valence-corrected chi connectivity index (χ1v) is 12.1. The summed E-state index contributed by atoms with van der Waals surface area (Å²) in [5.74, 6) is -0.746. The fourth-order valence-corrected chi connectivity index (χ4v) is 4.71. The first kappa shape index (κ1) is 26.6. The third kappa shape index (κ3) is 5.17. The normalized spacial score (nSPS) is 24.8. The smallest absolute Gasteiger partial charge is 0.468 e. The van der Waals surface area contributed by atoms with Crippen molar-refractivity contribution in [2.24, 2.45) is 0 Å². The van der Waals surface area contributed by atoms with Crippen LogP contribution < -0.4 is 15.8 Å². The zero-order valence-electron chi connectivity index (χ0n) is 20.0. The first-order valence-electron chi connectivity index (χ1n) is 11.0. The van der Waals surface area contributed by atoms with E-state index in [1.54, 1.807) is 30.3 Å². The lowest BCUT2D eigenvalue weighted by atomic mass is 9.98. The number of fused-ring (bicyclic) bond motifs is 1. The molecular formula is C21H25FN6O8P+. The Kier molecular flexibility index (Phi) is 7.52. The highest BCUT2D eigenvalue weighted by molar-refractivity contribution is 7.36. The molecule has 1 aliphatic heterocycles. The number of nitrogen functional groups attached to an aromatic ring is 1. The lowest BCUT2D eigenvalue weighted by Crippen LogP contribution is -2.42. The molecule has 1 saturated heterocycles. The van der Waals surface area contributed by atoms with Gasteiger partial charge in [0.15, 0.2) is 34.9 Å². The predicted octanol–water partition coefficient (Wildman–Crippen LogP) is 1.22. The molecule has 0 bridgehead atoms. The Morgan fingerprint density at radius 2 is 2.14 bits per heavy atom. The van der Waals surface area contributed by atoms with E-state index in [0.717, 1.165) is 29.8 Å². The van der Waals surface area contributed by atoms with Crippen molar-refractivity contribution in [2.45, 2.75) is 44.0 Å². The molecule has 1 aliphatic rings. The molecule has 2 aromatic heterocycles. The number of H-pyrrole nitrogens is 1. The Morgan fingerprint density at radius 3 is 2.81 bits per heavy atom. The van der Waals surface area contributed by atoms with Gasteiger partial charge in [-0.05, 0) is 26.0 Å². The van der Waals surface area contributed by atoms with E-state index in [1.807, 2.05) is 0 Å². The number of carbonyl (C=O) groups excluding carboxylic acids is 1. The molecule has 37 heavy (non-hydrogen) atoms. The minimum atomic E-state index is -2.78. The number of aliphatic hydroxyl groups is 1. The number of methoxy groups -OCH3 is 1. The summed E-state index contributed by atoms with van der Waals surface area (Å²) in [6, 6.07) is 6.97. The number of esters is 1. The van der Waals surface area contributed by atoms with Crippen molar-refractivity contribution < 1.29 is 37.7 Å². The summed E-state index contributed by atoms with van der Waals surface area (Å²) in [5.41, 5.74) is 2.42. The van der Waals surface area contributed by atoms with Gasteiger partial charge in [0.2, 0.25) is 5.95 Å². The van der Waals surface area contributed by atoms with Crippen molar-refractivity contribution in [3.05, 3.63) is 47.0 Å². The standard InChI is InChI=1S/C21H24FN6O8P/c1-11(18(31)33-3)28(37(32)36-12-7-5-4-6-8-12)34-9-13-15(29)21(2,22)19(35-13)27-10-24-14-16(27)25-20(23)26-17(14)30/h4-8,10-11,13,15,19,29H,9H2,1-3H3,(H2-,23,25,26,30)/p+1/t11-,13+,15+,19+,21+/m0/s1. The molecule has 3 heterocycles. The predicted molar refractivity (Wildman–Crippen MR) is 126 cm³/mol. The van der Waals surface area contributed by atoms with Gasteiger partial charge in [0.05, 0.1) is 18.3 Å². The van der Waals surface area contributed by atoms with Crippen LogP contribution in [0.5, 0.6) is 5.75 Å². The van der Waals surface area contributed by atoms with E-state index < -0.39 is 56.5 Å². The number of aliphatic hydroxyl groups excluding tert-OH is 1. The van der Waals surface area contributed by atoms with E-state index >= 15 is 4.39 Å². The van der Waals surface area contributed by atoms with Crippen LogP contribution in [0.1, 0.15) is 20.1 Å². The van der Waals surface area contributed by atoms with Gasteiger partial charge in [0.25, 0.3) is 5.56 Å². The van der Waals surface area contributed by atoms with Crippen LogP contribution in [-0.2, 0) is 23.7 Å². The van der Waals surface area contributed by atoms with Gasteiger partial charge in [0, 0.05) is 4.57 Å². The van der Waals surface area contributed by atoms with Crippen LogP contribution >= 0.6 is 8.18 Å². The van der Waals surface area contributed by atoms with Gasteiger partial charge in [-0.15, -0.1) is 0 Å². The van der Waals surface area contributed by atoms with Crippen LogP contribution in [0.4, 0.5) is 10.3 Å². The van der Waals surface area contributed by atoms with Gasteiger partial charge in [-0.25, -0.2) is 13.9 Å². The van der Waals surface area contributed by atoms with Gasteiger partial charge < -0.3 is 20.3 Å². The number of carbonyl (C=O) groups is 1. The number of alkyl halides is 1. The van der Waals surface area contributed by atoms with E-state index in [9.17, 15) is 19.3 Å². The van der Waals surface area contributed by atoms with Crippen LogP contribution in [0.15, 0.2) is 41.5 Å². The summed E-state index contributed by atoms with van der Waals surface area (Å²) in [5, 5.41) is 10.7. The van der Waals surface area contributed by atoms with E-state index in [4.69, 9.17) is 24.6 Å². The SMILES string of the molecule is COC(=O)[C@H](C)N(OC[C@H]1O[C@@H](n2cnc3c(=O)[nH]c(N)nc32)[C@](C)(F)[C@@H]1O)[P+](=O)Oc1ccccc1. The summed E-state index contributed by atoms with van der Waals surface area (Å²) in [4.78, 5) is 40.8. The molecule has 14 nitrogen and oxygen atoms in total.